The summed E-state index contributed by atoms with van der Waals surface area (Å²) in [6, 6.07) is 1.83. The van der Waals surface area contributed by atoms with Crippen molar-refractivity contribution in [3.8, 4) is 0 Å². The third kappa shape index (κ3) is 3.61. The number of nitrogen functional groups attached to an aromatic ring is 1. The highest BCUT2D eigenvalue weighted by atomic mass is 35.5. The molecule has 1 spiro atoms. The molecule has 2 aliphatic rings. The highest BCUT2D eigenvalue weighted by Gasteiger charge is 2.41. The highest BCUT2D eigenvalue weighted by Crippen LogP contribution is 2.42. The first-order chi connectivity index (χ1) is 12.5. The second-order valence-electron chi connectivity index (χ2n) is 7.14. The van der Waals surface area contributed by atoms with Crippen LogP contribution in [0.15, 0.2) is 34.6 Å². The lowest BCUT2D eigenvalue weighted by molar-refractivity contribution is 0.0976. The molecule has 2 fully saturated rings. The molecule has 138 valence electrons. The van der Waals surface area contributed by atoms with Crippen molar-refractivity contribution in [3.63, 3.8) is 0 Å². The molecule has 4 rings (SSSR count). The third-order valence-corrected chi connectivity index (χ3v) is 6.74. The van der Waals surface area contributed by atoms with Gasteiger partial charge >= 0.3 is 0 Å². The number of hydrogen-bond acceptors (Lipinski definition) is 7. The Labute approximate surface area is 162 Å². The fourth-order valence-corrected chi connectivity index (χ4v) is 4.75. The molecule has 4 heterocycles. The molecule has 2 aromatic heterocycles. The number of aromatic nitrogens is 3. The number of pyridine rings is 1. The Morgan fingerprint density at radius 1 is 1.27 bits per heavy atom. The Bertz CT molecular complexity index is 780. The molecule has 2 N–H and O–H groups in total. The molecular weight excluding hydrogens is 370 g/mol. The molecule has 8 heteroatoms. The van der Waals surface area contributed by atoms with Gasteiger partial charge in [0, 0.05) is 24.2 Å². The molecule has 2 saturated heterocycles. The van der Waals surface area contributed by atoms with Crippen molar-refractivity contribution >= 4 is 35.0 Å². The summed E-state index contributed by atoms with van der Waals surface area (Å²) in [6.07, 6.45) is 9.15. The van der Waals surface area contributed by atoms with Gasteiger partial charge in [0.05, 0.1) is 30.1 Å². The maximum atomic E-state index is 6.19. The van der Waals surface area contributed by atoms with Gasteiger partial charge in [-0.15, -0.1) is 0 Å². The van der Waals surface area contributed by atoms with Crippen LogP contribution >= 0.6 is 23.4 Å². The van der Waals surface area contributed by atoms with E-state index in [0.717, 1.165) is 48.3 Å². The first kappa shape index (κ1) is 17.8. The molecule has 0 amide bonds. The number of ether oxygens (including phenoxy) is 1. The van der Waals surface area contributed by atoms with Crippen LogP contribution in [0.25, 0.3) is 0 Å². The van der Waals surface area contributed by atoms with E-state index in [1.165, 1.54) is 18.2 Å². The summed E-state index contributed by atoms with van der Waals surface area (Å²) < 4.78 is 5.80. The summed E-state index contributed by atoms with van der Waals surface area (Å²) in [5.41, 5.74) is 6.12. The van der Waals surface area contributed by atoms with Gasteiger partial charge in [-0.05, 0) is 37.7 Å². The van der Waals surface area contributed by atoms with Gasteiger partial charge in [-0.1, -0.05) is 23.4 Å². The molecule has 2 aromatic rings. The van der Waals surface area contributed by atoms with Crippen LogP contribution in [0.1, 0.15) is 26.2 Å². The Kier molecular flexibility index (Phi) is 4.94. The van der Waals surface area contributed by atoms with Crippen molar-refractivity contribution in [2.45, 2.75) is 42.2 Å². The number of piperidine rings is 1. The molecule has 0 aromatic carbocycles. The van der Waals surface area contributed by atoms with E-state index in [9.17, 15) is 0 Å². The fraction of sp³-hybridized carbons (Fsp3) is 0.500. The monoisotopic (exact) mass is 391 g/mol. The van der Waals surface area contributed by atoms with Crippen molar-refractivity contribution < 1.29 is 4.74 Å². The van der Waals surface area contributed by atoms with Crippen LogP contribution in [-0.4, -0.2) is 40.8 Å². The van der Waals surface area contributed by atoms with E-state index in [1.54, 1.807) is 12.4 Å². The number of anilines is 2. The SMILES string of the molecule is CC1CC2(CCN(c3cnc(Sc4ccnc(N)c4Cl)cn3)CC2)CO1. The lowest BCUT2D eigenvalue weighted by Crippen LogP contribution is -2.41. The Hall–Kier alpha value is -1.57. The average molecular weight is 392 g/mol. The predicted octanol–water partition coefficient (Wildman–Crippen LogP) is 3.65. The molecule has 0 aliphatic carbocycles. The van der Waals surface area contributed by atoms with Crippen molar-refractivity contribution in [3.05, 3.63) is 29.7 Å². The van der Waals surface area contributed by atoms with Gasteiger partial charge < -0.3 is 15.4 Å². The number of nitrogens with two attached hydrogens (primary N) is 1. The van der Waals surface area contributed by atoms with Crippen LogP contribution in [0.3, 0.4) is 0 Å². The molecule has 2 aliphatic heterocycles. The lowest BCUT2D eigenvalue weighted by Gasteiger charge is -2.38. The van der Waals surface area contributed by atoms with E-state index in [2.05, 4.69) is 26.8 Å². The van der Waals surface area contributed by atoms with Crippen LogP contribution in [0, 0.1) is 5.41 Å². The van der Waals surface area contributed by atoms with Crippen molar-refractivity contribution in [2.24, 2.45) is 5.41 Å². The minimum atomic E-state index is 0.328. The largest absolute Gasteiger partial charge is 0.382 e. The van der Waals surface area contributed by atoms with Crippen LogP contribution in [0.5, 0.6) is 0 Å². The average Bonchev–Trinajstić information content (AvgIpc) is 3.01. The number of hydrogen-bond donors (Lipinski definition) is 1. The first-order valence-electron chi connectivity index (χ1n) is 8.81. The van der Waals surface area contributed by atoms with Gasteiger partial charge in [0.25, 0.3) is 0 Å². The summed E-state index contributed by atoms with van der Waals surface area (Å²) in [6.45, 7) is 5.08. The zero-order valence-corrected chi connectivity index (χ0v) is 16.3. The van der Waals surface area contributed by atoms with E-state index in [1.807, 2.05) is 12.3 Å². The summed E-state index contributed by atoms with van der Waals surface area (Å²) >= 11 is 7.63. The Morgan fingerprint density at radius 3 is 2.73 bits per heavy atom. The zero-order valence-electron chi connectivity index (χ0n) is 14.7. The minimum absolute atomic E-state index is 0.328. The molecule has 0 bridgehead atoms. The van der Waals surface area contributed by atoms with E-state index < -0.39 is 0 Å². The van der Waals surface area contributed by atoms with Crippen molar-refractivity contribution in [1.29, 1.82) is 0 Å². The van der Waals surface area contributed by atoms with Crippen LogP contribution in [-0.2, 0) is 4.74 Å². The van der Waals surface area contributed by atoms with Gasteiger partial charge in [-0.2, -0.15) is 0 Å². The molecule has 26 heavy (non-hydrogen) atoms. The molecule has 1 unspecified atom stereocenters. The number of nitrogens with zero attached hydrogens (tertiary/aromatic N) is 4. The summed E-state index contributed by atoms with van der Waals surface area (Å²) in [5, 5.41) is 1.24. The Balaban J connectivity index is 1.40. The van der Waals surface area contributed by atoms with E-state index >= 15 is 0 Å². The summed E-state index contributed by atoms with van der Waals surface area (Å²) in [5.74, 6) is 1.25. The zero-order chi connectivity index (χ0) is 18.1. The van der Waals surface area contributed by atoms with Gasteiger partial charge in [-0.25, -0.2) is 15.0 Å². The van der Waals surface area contributed by atoms with Crippen molar-refractivity contribution in [2.75, 3.05) is 30.3 Å². The molecular formula is C18H22ClN5OS. The van der Waals surface area contributed by atoms with Crippen LogP contribution < -0.4 is 10.6 Å². The summed E-state index contributed by atoms with van der Waals surface area (Å²) in [4.78, 5) is 16.3. The second kappa shape index (κ2) is 7.21. The lowest BCUT2D eigenvalue weighted by atomic mass is 9.77. The maximum Gasteiger partial charge on any atom is 0.147 e. The van der Waals surface area contributed by atoms with Crippen LogP contribution in [0.4, 0.5) is 11.6 Å². The Morgan fingerprint density at radius 2 is 2.08 bits per heavy atom. The smallest absolute Gasteiger partial charge is 0.147 e. The molecule has 1 atom stereocenters. The van der Waals surface area contributed by atoms with Gasteiger partial charge in [0.1, 0.15) is 16.7 Å². The first-order valence-corrected chi connectivity index (χ1v) is 10.0. The van der Waals surface area contributed by atoms with Gasteiger partial charge in [-0.3, -0.25) is 0 Å². The minimum Gasteiger partial charge on any atom is -0.382 e. The van der Waals surface area contributed by atoms with E-state index in [4.69, 9.17) is 22.1 Å². The summed E-state index contributed by atoms with van der Waals surface area (Å²) in [7, 11) is 0. The van der Waals surface area contributed by atoms with Crippen LogP contribution in [0.2, 0.25) is 5.02 Å². The third-order valence-electron chi connectivity index (χ3n) is 5.25. The maximum absolute atomic E-state index is 6.19. The predicted molar refractivity (Wildman–Crippen MR) is 104 cm³/mol. The number of halogens is 1. The standard InChI is InChI=1S/C18H22ClN5OS/c1-12-8-18(11-25-12)3-6-24(7-4-18)14-9-23-15(10-22-14)26-13-2-5-21-17(20)16(13)19/h2,5,9-10,12H,3-4,6-8,11H2,1H3,(H2,20,21). The van der Waals surface area contributed by atoms with Crippen molar-refractivity contribution in [1.82, 2.24) is 15.0 Å². The molecule has 6 nitrogen and oxygen atoms in total. The quantitative estimate of drug-likeness (QED) is 0.855. The molecule has 0 radical (unpaired) electrons. The van der Waals surface area contributed by atoms with E-state index in [0.29, 0.717) is 22.4 Å². The van der Waals surface area contributed by atoms with Gasteiger partial charge in [0.15, 0.2) is 0 Å². The normalized spacial score (nSPS) is 22.1. The van der Waals surface area contributed by atoms with Gasteiger partial charge in [0.2, 0.25) is 0 Å². The number of rotatable bonds is 3. The van der Waals surface area contributed by atoms with E-state index in [-0.39, 0.29) is 0 Å². The second-order valence-corrected chi connectivity index (χ2v) is 8.58. The molecule has 0 saturated carbocycles. The topological polar surface area (TPSA) is 77.2 Å². The fourth-order valence-electron chi connectivity index (χ4n) is 3.76. The highest BCUT2D eigenvalue weighted by molar-refractivity contribution is 7.99.